The number of ether oxygens (including phenoxy) is 2. The Morgan fingerprint density at radius 3 is 2.56 bits per heavy atom. The molecule has 1 fully saturated rings. The first-order chi connectivity index (χ1) is 15.2. The summed E-state index contributed by atoms with van der Waals surface area (Å²) in [6, 6.07) is 14.3. The number of carbonyl (C=O) groups is 1. The van der Waals surface area contributed by atoms with Crippen molar-refractivity contribution in [2.75, 3.05) is 18.0 Å². The number of rotatable bonds is 4. The minimum Gasteiger partial charge on any atom is -0.460 e. The molecular weight excluding hydrogens is 402 g/mol. The minimum atomic E-state index is -0.506. The lowest BCUT2D eigenvalue weighted by Gasteiger charge is -2.36. The molecule has 0 N–H and O–H groups in total. The van der Waals surface area contributed by atoms with Crippen LogP contribution in [0.3, 0.4) is 0 Å². The van der Waals surface area contributed by atoms with E-state index in [2.05, 4.69) is 41.9 Å². The zero-order valence-corrected chi connectivity index (χ0v) is 19.5. The second-order valence-corrected chi connectivity index (χ2v) is 9.54. The molecule has 0 unspecified atom stereocenters. The molecule has 4 rings (SSSR count). The largest absolute Gasteiger partial charge is 0.460 e. The number of benzene rings is 1. The molecule has 1 aliphatic rings. The number of esters is 1. The van der Waals surface area contributed by atoms with Gasteiger partial charge in [-0.3, -0.25) is 9.78 Å². The lowest BCUT2D eigenvalue weighted by Crippen LogP contribution is -2.45. The Morgan fingerprint density at radius 2 is 1.84 bits per heavy atom. The van der Waals surface area contributed by atoms with Gasteiger partial charge in [0.15, 0.2) is 0 Å². The normalized spacial score (nSPS) is 19.2. The first-order valence-electron chi connectivity index (χ1n) is 11.1. The summed E-state index contributed by atoms with van der Waals surface area (Å²) in [5, 5.41) is 2.05. The van der Waals surface area contributed by atoms with Crippen molar-refractivity contribution in [2.24, 2.45) is 0 Å². The molecule has 1 saturated heterocycles. The van der Waals surface area contributed by atoms with Gasteiger partial charge in [0, 0.05) is 30.2 Å². The number of carbonyl (C=O) groups excluding carboxylic acids is 1. The van der Waals surface area contributed by atoms with Gasteiger partial charge in [-0.2, -0.15) is 0 Å². The maximum atomic E-state index is 12.2. The summed E-state index contributed by atoms with van der Waals surface area (Å²) in [5.41, 5.74) is 2.14. The molecule has 0 saturated carbocycles. The van der Waals surface area contributed by atoms with Crippen molar-refractivity contribution in [1.82, 2.24) is 9.97 Å². The van der Waals surface area contributed by atoms with Crippen LogP contribution in [-0.2, 0) is 20.7 Å². The van der Waals surface area contributed by atoms with E-state index in [0.717, 1.165) is 40.9 Å². The summed E-state index contributed by atoms with van der Waals surface area (Å²) < 4.78 is 11.3. The Labute approximate surface area is 189 Å². The van der Waals surface area contributed by atoms with Crippen LogP contribution in [0.1, 0.15) is 40.3 Å². The fraction of sp³-hybridized carbons (Fsp3) is 0.423. The summed E-state index contributed by atoms with van der Waals surface area (Å²) in [4.78, 5) is 23.9. The van der Waals surface area contributed by atoms with E-state index >= 15 is 0 Å². The molecular formula is C26H31N3O3. The number of pyridine rings is 2. The fourth-order valence-electron chi connectivity index (χ4n) is 4.09. The standard InChI is InChI=1S/C26H31N3O3/c1-17-15-29(16-18(2)31-17)24-8-6-7-23(28-24)19-9-10-20-14-27-22(12-21(20)11-19)13-25(30)32-26(3,4)5/h6-12,14,17-18H,13,15-16H2,1-5H3/t17-,18+. The number of aromatic nitrogens is 2. The molecule has 3 heterocycles. The van der Waals surface area contributed by atoms with Gasteiger partial charge < -0.3 is 14.4 Å². The van der Waals surface area contributed by atoms with E-state index in [1.807, 2.05) is 45.0 Å². The van der Waals surface area contributed by atoms with Gasteiger partial charge in [0.05, 0.1) is 30.0 Å². The Balaban J connectivity index is 1.59. The van der Waals surface area contributed by atoms with Gasteiger partial charge in [-0.1, -0.05) is 18.2 Å². The van der Waals surface area contributed by atoms with Crippen molar-refractivity contribution in [3.63, 3.8) is 0 Å². The Kier molecular flexibility index (Phi) is 6.15. The summed E-state index contributed by atoms with van der Waals surface area (Å²) >= 11 is 0. The molecule has 1 aromatic carbocycles. The molecule has 0 aliphatic carbocycles. The quantitative estimate of drug-likeness (QED) is 0.551. The van der Waals surface area contributed by atoms with Crippen LogP contribution in [0.5, 0.6) is 0 Å². The van der Waals surface area contributed by atoms with Gasteiger partial charge >= 0.3 is 5.97 Å². The maximum absolute atomic E-state index is 12.2. The molecule has 0 bridgehead atoms. The summed E-state index contributed by atoms with van der Waals surface area (Å²) in [5.74, 6) is 0.689. The van der Waals surface area contributed by atoms with Crippen LogP contribution in [0.2, 0.25) is 0 Å². The third-order valence-corrected chi connectivity index (χ3v) is 5.30. The first-order valence-corrected chi connectivity index (χ1v) is 11.1. The Bertz CT molecular complexity index is 1110. The molecule has 6 heteroatoms. The van der Waals surface area contributed by atoms with Crippen molar-refractivity contribution in [3.8, 4) is 11.3 Å². The fourth-order valence-corrected chi connectivity index (χ4v) is 4.09. The SMILES string of the molecule is C[C@@H]1CN(c2cccc(-c3ccc4cnc(CC(=O)OC(C)(C)C)cc4c3)n2)C[C@H](C)O1. The van der Waals surface area contributed by atoms with Crippen molar-refractivity contribution < 1.29 is 14.3 Å². The molecule has 0 spiro atoms. The number of hydrogen-bond donors (Lipinski definition) is 0. The smallest absolute Gasteiger partial charge is 0.312 e. The third kappa shape index (κ3) is 5.43. The van der Waals surface area contributed by atoms with Crippen LogP contribution in [0.4, 0.5) is 5.82 Å². The number of hydrogen-bond acceptors (Lipinski definition) is 6. The lowest BCUT2D eigenvalue weighted by molar-refractivity contribution is -0.153. The first kappa shape index (κ1) is 22.2. The molecule has 2 aromatic heterocycles. The maximum Gasteiger partial charge on any atom is 0.312 e. The average Bonchev–Trinajstić information content (AvgIpc) is 2.71. The van der Waals surface area contributed by atoms with E-state index in [-0.39, 0.29) is 24.6 Å². The molecule has 3 aromatic rings. The van der Waals surface area contributed by atoms with Crippen LogP contribution in [-0.4, -0.2) is 46.8 Å². The van der Waals surface area contributed by atoms with Crippen molar-refractivity contribution >= 4 is 22.6 Å². The van der Waals surface area contributed by atoms with E-state index in [4.69, 9.17) is 14.5 Å². The molecule has 0 radical (unpaired) electrons. The van der Waals surface area contributed by atoms with E-state index in [1.165, 1.54) is 0 Å². The van der Waals surface area contributed by atoms with Crippen molar-refractivity contribution in [3.05, 3.63) is 54.4 Å². The van der Waals surface area contributed by atoms with Gasteiger partial charge in [0.1, 0.15) is 11.4 Å². The average molecular weight is 434 g/mol. The van der Waals surface area contributed by atoms with Gasteiger partial charge in [-0.05, 0) is 64.3 Å². The number of nitrogens with zero attached hydrogens (tertiary/aromatic N) is 3. The number of fused-ring (bicyclic) bond motifs is 1. The van der Waals surface area contributed by atoms with Gasteiger partial charge in [0.25, 0.3) is 0 Å². The second kappa shape index (κ2) is 8.87. The predicted octanol–water partition coefficient (Wildman–Crippen LogP) is 4.79. The second-order valence-electron chi connectivity index (χ2n) is 9.54. The monoisotopic (exact) mass is 433 g/mol. The topological polar surface area (TPSA) is 64.6 Å². The zero-order chi connectivity index (χ0) is 22.9. The van der Waals surface area contributed by atoms with Crippen molar-refractivity contribution in [1.29, 1.82) is 0 Å². The predicted molar refractivity (Wildman–Crippen MR) is 127 cm³/mol. The van der Waals surface area contributed by atoms with Crippen molar-refractivity contribution in [2.45, 2.75) is 58.8 Å². The minimum absolute atomic E-state index is 0.151. The van der Waals surface area contributed by atoms with Crippen LogP contribution in [0.25, 0.3) is 22.0 Å². The molecule has 0 amide bonds. The van der Waals surface area contributed by atoms with E-state index < -0.39 is 5.60 Å². The van der Waals surface area contributed by atoms with Crippen LogP contribution >= 0.6 is 0 Å². The Morgan fingerprint density at radius 1 is 1.09 bits per heavy atom. The van der Waals surface area contributed by atoms with Crippen LogP contribution in [0.15, 0.2) is 48.7 Å². The zero-order valence-electron chi connectivity index (χ0n) is 19.5. The molecule has 32 heavy (non-hydrogen) atoms. The highest BCUT2D eigenvalue weighted by molar-refractivity contribution is 5.87. The highest BCUT2D eigenvalue weighted by Crippen LogP contribution is 2.26. The van der Waals surface area contributed by atoms with Gasteiger partial charge in [-0.25, -0.2) is 4.98 Å². The van der Waals surface area contributed by atoms with Crippen LogP contribution < -0.4 is 4.90 Å². The third-order valence-electron chi connectivity index (χ3n) is 5.30. The van der Waals surface area contributed by atoms with E-state index in [0.29, 0.717) is 5.69 Å². The summed E-state index contributed by atoms with van der Waals surface area (Å²) in [6.45, 7) is 11.5. The number of morpholine rings is 1. The summed E-state index contributed by atoms with van der Waals surface area (Å²) in [7, 11) is 0. The summed E-state index contributed by atoms with van der Waals surface area (Å²) in [6.07, 6.45) is 2.32. The Hall–Kier alpha value is -2.99. The highest BCUT2D eigenvalue weighted by Gasteiger charge is 2.23. The van der Waals surface area contributed by atoms with E-state index in [1.54, 1.807) is 6.20 Å². The lowest BCUT2D eigenvalue weighted by atomic mass is 10.0. The molecule has 1 aliphatic heterocycles. The molecule has 6 nitrogen and oxygen atoms in total. The van der Waals surface area contributed by atoms with E-state index in [9.17, 15) is 4.79 Å². The molecule has 168 valence electrons. The highest BCUT2D eigenvalue weighted by atomic mass is 16.6. The number of anilines is 1. The van der Waals surface area contributed by atoms with Crippen LogP contribution in [0, 0.1) is 0 Å². The van der Waals surface area contributed by atoms with Gasteiger partial charge in [-0.15, -0.1) is 0 Å². The molecule has 2 atom stereocenters. The van der Waals surface area contributed by atoms with Gasteiger partial charge in [0.2, 0.25) is 0 Å².